The van der Waals surface area contributed by atoms with Gasteiger partial charge in [-0.05, 0) is 0 Å². The van der Waals surface area contributed by atoms with Gasteiger partial charge in [0.25, 0.3) is 0 Å². The average Bonchev–Trinajstić information content (AvgIpc) is 0.722. The van der Waals surface area contributed by atoms with Gasteiger partial charge in [0.1, 0.15) is 0 Å². The van der Waals surface area contributed by atoms with E-state index in [0.717, 1.165) is 0 Å². The molecule has 13 heteroatoms. The molecule has 0 rings (SSSR count). The van der Waals surface area contributed by atoms with E-state index in [1.54, 1.807) is 0 Å². The van der Waals surface area contributed by atoms with Gasteiger partial charge < -0.3 is 34.3 Å². The molecule has 0 aliphatic rings. The Morgan fingerprint density at radius 2 is 0.769 bits per heavy atom. The zero-order valence-corrected chi connectivity index (χ0v) is 12.6. The van der Waals surface area contributed by atoms with Crippen molar-refractivity contribution in [1.82, 2.24) is 0 Å². The molecule has 10 nitrogen and oxygen atoms in total. The van der Waals surface area contributed by atoms with Crippen molar-refractivity contribution in [3.8, 4) is 0 Å². The maximum absolute atomic E-state index is 8.74. The first-order chi connectivity index (χ1) is 2.00. The van der Waals surface area contributed by atoms with Gasteiger partial charge in [-0.25, -0.2) is 0 Å². The average molecular weight is 296 g/mol. The summed E-state index contributed by atoms with van der Waals surface area (Å²) in [5.74, 6) is 0. The minimum absolute atomic E-state index is 0. The minimum atomic E-state index is -4.67. The first-order valence-corrected chi connectivity index (χ1v) is 2.10. The van der Waals surface area contributed by atoms with Gasteiger partial charge in [0.15, 0.2) is 0 Å². The quantitative estimate of drug-likeness (QED) is 0.325. The minimum Gasteiger partial charge on any atom is -1.00 e. The van der Waals surface area contributed by atoms with Gasteiger partial charge in [-0.1, -0.05) is 0 Å². The predicted molar refractivity (Wildman–Crippen MR) is 37.0 cm³/mol. The van der Waals surface area contributed by atoms with Crippen LogP contribution in [0.3, 0.4) is 0 Å². The van der Waals surface area contributed by atoms with Gasteiger partial charge in [-0.3, -0.25) is 9.11 Å². The summed E-state index contributed by atoms with van der Waals surface area (Å²) in [4.78, 5) is 0. The van der Waals surface area contributed by atoms with Gasteiger partial charge in [0.2, 0.25) is 0 Å². The third-order valence-corrected chi connectivity index (χ3v) is 0. The molecule has 0 fully saturated rings. The van der Waals surface area contributed by atoms with E-state index in [0.29, 0.717) is 0 Å². The first kappa shape index (κ1) is 90.7. The SMILES string of the molecule is O.O.O.O.O.O.O=S(=O)(O)O.[H-].[Na+].[Zn]. The van der Waals surface area contributed by atoms with Crippen LogP contribution in [0.15, 0.2) is 0 Å². The van der Waals surface area contributed by atoms with Crippen LogP contribution in [0.5, 0.6) is 0 Å². The van der Waals surface area contributed by atoms with Crippen LogP contribution in [0, 0.1) is 0 Å². The molecular formula is H15NaO10SZn. The van der Waals surface area contributed by atoms with Crippen LogP contribution < -0.4 is 29.6 Å². The summed E-state index contributed by atoms with van der Waals surface area (Å²) in [6.07, 6.45) is 0. The molecule has 0 radical (unpaired) electrons. The van der Waals surface area contributed by atoms with Crippen molar-refractivity contribution in [2.45, 2.75) is 0 Å². The van der Waals surface area contributed by atoms with E-state index in [9.17, 15) is 0 Å². The Kier molecular flexibility index (Phi) is 264. The molecular weight excluding hydrogens is 280 g/mol. The van der Waals surface area contributed by atoms with E-state index in [1.165, 1.54) is 0 Å². The molecule has 0 amide bonds. The molecule has 0 spiro atoms. The summed E-state index contributed by atoms with van der Waals surface area (Å²) in [6.45, 7) is 0. The van der Waals surface area contributed by atoms with Crippen LogP contribution in [0.2, 0.25) is 0 Å². The molecule has 84 valence electrons. The molecule has 0 aromatic heterocycles. The fraction of sp³-hybridized carbons (Fsp3) is 0. The van der Waals surface area contributed by atoms with Crippen LogP contribution in [0.1, 0.15) is 1.43 Å². The Bertz CT molecular complexity index is 103. The standard InChI is InChI=1S/Na.H2O4S.6H2O.Zn.H/c;1-5(2,3)4;;;;;;;;/h;(H2,1,2,3,4);6*1H2;;/q+1;;;;;;;;;-1. The second-order valence-corrected chi connectivity index (χ2v) is 1.34. The van der Waals surface area contributed by atoms with Crippen molar-refractivity contribution in [2.24, 2.45) is 0 Å². The van der Waals surface area contributed by atoms with E-state index in [1.807, 2.05) is 0 Å². The predicted octanol–water partition coefficient (Wildman–Crippen LogP) is -8.49. The van der Waals surface area contributed by atoms with Crippen molar-refractivity contribution in [1.29, 1.82) is 0 Å². The second-order valence-electron chi connectivity index (χ2n) is 0.448. The second kappa shape index (κ2) is 37.8. The van der Waals surface area contributed by atoms with E-state index < -0.39 is 10.4 Å². The molecule has 0 unspecified atom stereocenters. The van der Waals surface area contributed by atoms with Crippen molar-refractivity contribution in [2.75, 3.05) is 0 Å². The monoisotopic (exact) mass is 294 g/mol. The summed E-state index contributed by atoms with van der Waals surface area (Å²) in [5, 5.41) is 0. The Labute approximate surface area is 111 Å². The Hall–Kier alpha value is 1.25. The van der Waals surface area contributed by atoms with Crippen molar-refractivity contribution in [3.05, 3.63) is 0 Å². The van der Waals surface area contributed by atoms with Crippen molar-refractivity contribution >= 4 is 10.4 Å². The number of hydrogen-bond acceptors (Lipinski definition) is 2. The molecule has 0 aromatic rings. The van der Waals surface area contributed by atoms with Gasteiger partial charge in [-0.2, -0.15) is 8.42 Å². The molecule has 14 N–H and O–H groups in total. The summed E-state index contributed by atoms with van der Waals surface area (Å²) < 4.78 is 31.6. The summed E-state index contributed by atoms with van der Waals surface area (Å²) in [7, 11) is -4.67. The first-order valence-electron chi connectivity index (χ1n) is 0.698. The van der Waals surface area contributed by atoms with Crippen molar-refractivity contribution < 1.29 is 101 Å². The zero-order chi connectivity index (χ0) is 4.50. The van der Waals surface area contributed by atoms with Crippen LogP contribution in [0.25, 0.3) is 0 Å². The fourth-order valence-electron chi connectivity index (χ4n) is 0. The van der Waals surface area contributed by atoms with Crippen LogP contribution in [-0.4, -0.2) is 50.4 Å². The largest absolute Gasteiger partial charge is 1.00 e. The number of rotatable bonds is 0. The van der Waals surface area contributed by atoms with E-state index in [2.05, 4.69) is 0 Å². The third kappa shape index (κ3) is 1070. The molecule has 0 aromatic carbocycles. The summed E-state index contributed by atoms with van der Waals surface area (Å²) in [6, 6.07) is 0. The van der Waals surface area contributed by atoms with E-state index in [4.69, 9.17) is 17.5 Å². The molecule has 0 aliphatic heterocycles. The van der Waals surface area contributed by atoms with Crippen LogP contribution in [0.4, 0.5) is 0 Å². The fourth-order valence-corrected chi connectivity index (χ4v) is 0. The van der Waals surface area contributed by atoms with Gasteiger partial charge in [0, 0.05) is 19.5 Å². The van der Waals surface area contributed by atoms with Crippen molar-refractivity contribution in [3.63, 3.8) is 0 Å². The normalized spacial score (nSPS) is 4.46. The molecule has 13 heavy (non-hydrogen) atoms. The Balaban J connectivity index is -0.00000000222. The summed E-state index contributed by atoms with van der Waals surface area (Å²) >= 11 is 0. The van der Waals surface area contributed by atoms with E-state index in [-0.39, 0.29) is 83.3 Å². The van der Waals surface area contributed by atoms with Gasteiger partial charge in [-0.15, -0.1) is 0 Å². The summed E-state index contributed by atoms with van der Waals surface area (Å²) in [5.41, 5.74) is 0. The zero-order valence-electron chi connectivity index (χ0n) is 7.83. The van der Waals surface area contributed by atoms with Gasteiger partial charge in [0.05, 0.1) is 0 Å². The van der Waals surface area contributed by atoms with Crippen LogP contribution >= 0.6 is 0 Å². The maximum atomic E-state index is 8.74. The molecule has 0 atom stereocenters. The Morgan fingerprint density at radius 1 is 0.769 bits per heavy atom. The van der Waals surface area contributed by atoms with Crippen LogP contribution in [-0.2, 0) is 29.9 Å². The third-order valence-electron chi connectivity index (χ3n) is 0. The topological polar surface area (TPSA) is 264 Å². The molecule has 0 saturated carbocycles. The number of hydrogen-bond donors (Lipinski definition) is 2. The maximum Gasteiger partial charge on any atom is 1.00 e. The molecule has 0 heterocycles. The Morgan fingerprint density at radius 3 is 0.769 bits per heavy atom. The van der Waals surface area contributed by atoms with E-state index >= 15 is 0 Å². The van der Waals surface area contributed by atoms with Gasteiger partial charge >= 0.3 is 40.0 Å². The smallest absolute Gasteiger partial charge is 1.00 e. The molecule has 0 bridgehead atoms. The molecule has 0 aliphatic carbocycles. The molecule has 0 saturated heterocycles.